The molecule has 1 aromatic carbocycles. The summed E-state index contributed by atoms with van der Waals surface area (Å²) < 4.78 is 15.9. The van der Waals surface area contributed by atoms with Crippen molar-refractivity contribution in [3.8, 4) is 17.8 Å². The predicted molar refractivity (Wildman–Crippen MR) is 88.2 cm³/mol. The Bertz CT molecular complexity index is 655. The highest BCUT2D eigenvalue weighted by Crippen LogP contribution is 2.24. The zero-order chi connectivity index (χ0) is 17.5. The maximum Gasteiger partial charge on any atom is 0.324 e. The van der Waals surface area contributed by atoms with Gasteiger partial charge < -0.3 is 19.5 Å². The lowest BCUT2D eigenvalue weighted by atomic mass is 10.1. The molecule has 7 heteroatoms. The maximum absolute atomic E-state index is 12.5. The van der Waals surface area contributed by atoms with E-state index in [2.05, 4.69) is 15.3 Å². The van der Waals surface area contributed by atoms with Crippen molar-refractivity contribution in [2.24, 2.45) is 0 Å². The van der Waals surface area contributed by atoms with Crippen molar-refractivity contribution < 1.29 is 19.0 Å². The van der Waals surface area contributed by atoms with Gasteiger partial charge in [-0.2, -0.15) is 9.97 Å². The van der Waals surface area contributed by atoms with E-state index in [1.165, 1.54) is 20.3 Å². The van der Waals surface area contributed by atoms with Crippen molar-refractivity contribution in [1.82, 2.24) is 15.3 Å². The van der Waals surface area contributed by atoms with Crippen molar-refractivity contribution in [2.45, 2.75) is 26.0 Å². The molecule has 0 aliphatic heterocycles. The second-order valence-electron chi connectivity index (χ2n) is 5.31. The quantitative estimate of drug-likeness (QED) is 0.837. The normalized spacial score (nSPS) is 11.7. The molecule has 7 nitrogen and oxygen atoms in total. The average Bonchev–Trinajstić information content (AvgIpc) is 2.59. The summed E-state index contributed by atoms with van der Waals surface area (Å²) in [5.74, 6) is 0.294. The van der Waals surface area contributed by atoms with E-state index in [-0.39, 0.29) is 29.7 Å². The predicted octanol–water partition coefficient (Wildman–Crippen LogP) is 2.14. The van der Waals surface area contributed by atoms with Crippen LogP contribution in [0.4, 0.5) is 0 Å². The molecule has 0 radical (unpaired) electrons. The molecule has 1 unspecified atom stereocenters. The van der Waals surface area contributed by atoms with Crippen LogP contribution >= 0.6 is 0 Å². The number of amides is 1. The highest BCUT2D eigenvalue weighted by Gasteiger charge is 2.25. The fourth-order valence-corrected chi connectivity index (χ4v) is 2.01. The molecule has 0 spiro atoms. The summed E-state index contributed by atoms with van der Waals surface area (Å²) >= 11 is 0. The first-order valence-electron chi connectivity index (χ1n) is 7.52. The first-order chi connectivity index (χ1) is 11.5. The number of methoxy groups -OCH3 is 2. The summed E-state index contributed by atoms with van der Waals surface area (Å²) in [7, 11) is 2.96. The number of hydrogen-bond acceptors (Lipinski definition) is 6. The van der Waals surface area contributed by atoms with E-state index in [0.29, 0.717) is 5.56 Å². The van der Waals surface area contributed by atoms with Gasteiger partial charge in [-0.05, 0) is 13.8 Å². The van der Waals surface area contributed by atoms with Gasteiger partial charge in [-0.25, -0.2) is 0 Å². The summed E-state index contributed by atoms with van der Waals surface area (Å²) in [6.07, 6.45) is -0.884. The highest BCUT2D eigenvalue weighted by atomic mass is 16.5. The van der Waals surface area contributed by atoms with Crippen molar-refractivity contribution in [2.75, 3.05) is 14.2 Å². The number of benzene rings is 1. The number of hydrogen-bond donors (Lipinski definition) is 1. The molecule has 2 rings (SSSR count). The van der Waals surface area contributed by atoms with Gasteiger partial charge in [0.05, 0.1) is 20.3 Å². The van der Waals surface area contributed by atoms with E-state index in [4.69, 9.17) is 14.2 Å². The average molecular weight is 331 g/mol. The fraction of sp³-hybridized carbons (Fsp3) is 0.353. The minimum absolute atomic E-state index is 0.000964. The van der Waals surface area contributed by atoms with Gasteiger partial charge in [-0.1, -0.05) is 30.3 Å². The largest absolute Gasteiger partial charge is 0.481 e. The second-order valence-corrected chi connectivity index (χ2v) is 5.31. The summed E-state index contributed by atoms with van der Waals surface area (Å²) in [6, 6.07) is 10.7. The number of carbonyl (C=O) groups excluding carboxylic acids is 1. The lowest BCUT2D eigenvalue weighted by Gasteiger charge is -2.19. The molecule has 0 aliphatic rings. The van der Waals surface area contributed by atoms with Gasteiger partial charge >= 0.3 is 6.01 Å². The fourth-order valence-electron chi connectivity index (χ4n) is 2.01. The maximum atomic E-state index is 12.5. The Morgan fingerprint density at radius 2 is 1.62 bits per heavy atom. The van der Waals surface area contributed by atoms with E-state index < -0.39 is 6.10 Å². The molecule has 0 bridgehead atoms. The van der Waals surface area contributed by atoms with E-state index >= 15 is 0 Å². The van der Waals surface area contributed by atoms with Crippen LogP contribution in [0, 0.1) is 0 Å². The van der Waals surface area contributed by atoms with Crippen molar-refractivity contribution in [3.05, 3.63) is 42.0 Å². The van der Waals surface area contributed by atoms with Gasteiger partial charge in [-0.15, -0.1) is 0 Å². The Labute approximate surface area is 141 Å². The number of ether oxygens (including phenoxy) is 3. The zero-order valence-corrected chi connectivity index (χ0v) is 14.1. The summed E-state index contributed by atoms with van der Waals surface area (Å²) in [6.45, 7) is 3.76. The first kappa shape index (κ1) is 17.5. The SMILES string of the molecule is COc1cc(OC)nc(OC(C(=O)NC(C)C)c2ccccc2)n1. The second kappa shape index (κ2) is 8.14. The first-order valence-corrected chi connectivity index (χ1v) is 7.52. The lowest BCUT2D eigenvalue weighted by Crippen LogP contribution is -2.37. The molecule has 1 heterocycles. The van der Waals surface area contributed by atoms with Gasteiger partial charge in [0.2, 0.25) is 17.9 Å². The highest BCUT2D eigenvalue weighted by molar-refractivity contribution is 5.82. The summed E-state index contributed by atoms with van der Waals surface area (Å²) in [5, 5.41) is 2.84. The minimum atomic E-state index is -0.884. The smallest absolute Gasteiger partial charge is 0.324 e. The van der Waals surface area contributed by atoms with E-state index in [1.54, 1.807) is 0 Å². The molecular weight excluding hydrogens is 310 g/mol. The van der Waals surface area contributed by atoms with Crippen molar-refractivity contribution >= 4 is 5.91 Å². The Morgan fingerprint density at radius 3 is 2.12 bits per heavy atom. The van der Waals surface area contributed by atoms with E-state index in [9.17, 15) is 4.79 Å². The molecule has 0 fully saturated rings. The molecule has 0 saturated heterocycles. The molecule has 1 atom stereocenters. The molecule has 0 aliphatic carbocycles. The molecule has 24 heavy (non-hydrogen) atoms. The van der Waals surface area contributed by atoms with Gasteiger partial charge in [0.15, 0.2) is 0 Å². The van der Waals surface area contributed by atoms with Crippen LogP contribution in [0.25, 0.3) is 0 Å². The van der Waals surface area contributed by atoms with Crippen LogP contribution in [0.3, 0.4) is 0 Å². The molecule has 1 aromatic heterocycles. The summed E-state index contributed by atoms with van der Waals surface area (Å²) in [5.41, 5.74) is 0.695. The standard InChI is InChI=1S/C17H21N3O4/c1-11(2)18-16(21)15(12-8-6-5-7-9-12)24-17-19-13(22-3)10-14(20-17)23-4/h5-11,15H,1-4H3,(H,18,21). The van der Waals surface area contributed by atoms with Crippen molar-refractivity contribution in [1.29, 1.82) is 0 Å². The van der Waals surface area contributed by atoms with Gasteiger partial charge in [0, 0.05) is 11.6 Å². The molecule has 0 saturated carbocycles. The van der Waals surface area contributed by atoms with Crippen molar-refractivity contribution in [3.63, 3.8) is 0 Å². The number of rotatable bonds is 7. The Morgan fingerprint density at radius 1 is 1.04 bits per heavy atom. The van der Waals surface area contributed by atoms with Crippen LogP contribution < -0.4 is 19.5 Å². The topological polar surface area (TPSA) is 82.6 Å². The van der Waals surface area contributed by atoms with Gasteiger partial charge in [0.1, 0.15) is 0 Å². The molecular formula is C17H21N3O4. The number of carbonyl (C=O) groups is 1. The third-order valence-corrected chi connectivity index (χ3v) is 3.07. The number of nitrogens with one attached hydrogen (secondary N) is 1. The third kappa shape index (κ3) is 4.58. The van der Waals surface area contributed by atoms with Crippen LogP contribution in [-0.2, 0) is 4.79 Å². The molecule has 1 amide bonds. The van der Waals surface area contributed by atoms with Crippen LogP contribution in [0.2, 0.25) is 0 Å². The number of nitrogens with zero attached hydrogens (tertiary/aromatic N) is 2. The Kier molecular flexibility index (Phi) is 5.95. The summed E-state index contributed by atoms with van der Waals surface area (Å²) in [4.78, 5) is 20.7. The van der Waals surface area contributed by atoms with E-state index in [1.807, 2.05) is 44.2 Å². The van der Waals surface area contributed by atoms with Crippen LogP contribution in [0.5, 0.6) is 17.8 Å². The van der Waals surface area contributed by atoms with Gasteiger partial charge in [-0.3, -0.25) is 4.79 Å². The Hall–Kier alpha value is -2.83. The Balaban J connectivity index is 2.33. The minimum Gasteiger partial charge on any atom is -0.481 e. The van der Waals surface area contributed by atoms with E-state index in [0.717, 1.165) is 0 Å². The van der Waals surface area contributed by atoms with Gasteiger partial charge in [0.25, 0.3) is 5.91 Å². The molecule has 1 N–H and O–H groups in total. The monoisotopic (exact) mass is 331 g/mol. The molecule has 2 aromatic rings. The lowest BCUT2D eigenvalue weighted by molar-refractivity contribution is -0.129. The van der Waals surface area contributed by atoms with Crippen LogP contribution in [0.1, 0.15) is 25.5 Å². The molecule has 128 valence electrons. The van der Waals surface area contributed by atoms with Crippen LogP contribution in [0.15, 0.2) is 36.4 Å². The number of aromatic nitrogens is 2. The third-order valence-electron chi connectivity index (χ3n) is 3.07. The zero-order valence-electron chi connectivity index (χ0n) is 14.1. The van der Waals surface area contributed by atoms with Crippen LogP contribution in [-0.4, -0.2) is 36.1 Å².